The molecule has 1 heterocycles. The summed E-state index contributed by atoms with van der Waals surface area (Å²) in [5.74, 6) is 1.42. The maximum atomic E-state index is 5.73. The van der Waals surface area contributed by atoms with Gasteiger partial charge in [-0.1, -0.05) is 19.1 Å². The largest absolute Gasteiger partial charge is 0.493 e. The Morgan fingerprint density at radius 3 is 3.00 bits per heavy atom. The molecule has 0 saturated heterocycles. The molecule has 0 aliphatic rings. The Labute approximate surface area is 117 Å². The highest BCUT2D eigenvalue weighted by Crippen LogP contribution is 2.15. The molecule has 2 aromatic rings. The van der Waals surface area contributed by atoms with Gasteiger partial charge >= 0.3 is 0 Å². The average molecular weight is 282 g/mol. The lowest BCUT2D eigenvalue weighted by atomic mass is 10.2. The van der Waals surface area contributed by atoms with Crippen LogP contribution in [-0.2, 0) is 18.7 Å². The second kappa shape index (κ2) is 6.76. The predicted octanol–water partition coefficient (Wildman–Crippen LogP) is 4.07. The van der Waals surface area contributed by atoms with Crippen LogP contribution in [0.5, 0.6) is 5.75 Å². The lowest BCUT2D eigenvalue weighted by molar-refractivity contribution is 0.321. The normalized spacial score (nSPS) is 10.6. The minimum Gasteiger partial charge on any atom is -0.493 e. The van der Waals surface area contributed by atoms with Gasteiger partial charge in [-0.3, -0.25) is 0 Å². The maximum Gasteiger partial charge on any atom is 0.119 e. The van der Waals surface area contributed by atoms with E-state index < -0.39 is 0 Å². The first-order valence-electron chi connectivity index (χ1n) is 6.02. The van der Waals surface area contributed by atoms with Crippen LogP contribution in [0.1, 0.15) is 23.2 Å². The zero-order chi connectivity index (χ0) is 12.8. The van der Waals surface area contributed by atoms with Gasteiger partial charge in [0.05, 0.1) is 23.2 Å². The van der Waals surface area contributed by atoms with E-state index in [1.807, 2.05) is 17.5 Å². The first-order chi connectivity index (χ1) is 8.81. The van der Waals surface area contributed by atoms with Crippen molar-refractivity contribution in [3.05, 3.63) is 45.9 Å². The third-order valence-corrected chi connectivity index (χ3v) is 3.86. The van der Waals surface area contributed by atoms with Crippen molar-refractivity contribution in [1.82, 2.24) is 4.98 Å². The third-order valence-electron chi connectivity index (χ3n) is 2.63. The van der Waals surface area contributed by atoms with E-state index in [2.05, 4.69) is 24.0 Å². The second-order valence-corrected chi connectivity index (χ2v) is 5.18. The van der Waals surface area contributed by atoms with E-state index >= 15 is 0 Å². The van der Waals surface area contributed by atoms with E-state index in [0.717, 1.165) is 29.3 Å². The Hall–Kier alpha value is -1.06. The summed E-state index contributed by atoms with van der Waals surface area (Å²) in [7, 11) is 0. The summed E-state index contributed by atoms with van der Waals surface area (Å²) in [5, 5.41) is 3.08. The molecule has 0 saturated carbocycles. The highest BCUT2D eigenvalue weighted by atomic mass is 35.5. The molecule has 0 fully saturated rings. The van der Waals surface area contributed by atoms with Gasteiger partial charge < -0.3 is 4.74 Å². The predicted molar refractivity (Wildman–Crippen MR) is 76.7 cm³/mol. The van der Waals surface area contributed by atoms with Crippen LogP contribution in [0.4, 0.5) is 0 Å². The number of aromatic nitrogens is 1. The zero-order valence-electron chi connectivity index (χ0n) is 10.4. The molecule has 0 aliphatic carbocycles. The molecule has 0 radical (unpaired) electrons. The fraction of sp³-hybridized carbons (Fsp3) is 0.357. The summed E-state index contributed by atoms with van der Waals surface area (Å²) in [5.41, 5.74) is 2.25. The Morgan fingerprint density at radius 2 is 2.28 bits per heavy atom. The molecule has 0 amide bonds. The van der Waals surface area contributed by atoms with Crippen LogP contribution in [0.15, 0.2) is 29.6 Å². The number of halogens is 1. The third kappa shape index (κ3) is 3.72. The standard InChI is InChI=1S/C14H16ClNOS/c1-2-11-4-3-5-13(8-11)17-7-6-14-16-12(9-15)10-18-14/h3-5,8,10H,2,6-7,9H2,1H3. The summed E-state index contributed by atoms with van der Waals surface area (Å²) < 4.78 is 5.73. The van der Waals surface area contributed by atoms with Crippen molar-refractivity contribution in [1.29, 1.82) is 0 Å². The van der Waals surface area contributed by atoms with Gasteiger partial charge in [0.2, 0.25) is 0 Å². The van der Waals surface area contributed by atoms with Gasteiger partial charge in [-0.2, -0.15) is 0 Å². The Bertz CT molecular complexity index is 498. The summed E-state index contributed by atoms with van der Waals surface area (Å²) in [6.45, 7) is 2.80. The van der Waals surface area contributed by atoms with Crippen molar-refractivity contribution < 1.29 is 4.74 Å². The molecule has 0 atom stereocenters. The summed E-state index contributed by atoms with van der Waals surface area (Å²) in [6, 6.07) is 8.22. The first kappa shape index (κ1) is 13.4. The SMILES string of the molecule is CCc1cccc(OCCc2nc(CCl)cs2)c1. The van der Waals surface area contributed by atoms with E-state index in [1.165, 1.54) is 5.56 Å². The summed E-state index contributed by atoms with van der Waals surface area (Å²) >= 11 is 7.36. The van der Waals surface area contributed by atoms with E-state index in [0.29, 0.717) is 12.5 Å². The van der Waals surface area contributed by atoms with Crippen LogP contribution in [0.25, 0.3) is 0 Å². The molecule has 4 heteroatoms. The molecule has 0 bridgehead atoms. The first-order valence-corrected chi connectivity index (χ1v) is 7.44. The van der Waals surface area contributed by atoms with E-state index in [-0.39, 0.29) is 0 Å². The van der Waals surface area contributed by atoms with Crippen molar-refractivity contribution in [2.24, 2.45) is 0 Å². The van der Waals surface area contributed by atoms with Crippen molar-refractivity contribution >= 4 is 22.9 Å². The number of alkyl halides is 1. The molecule has 0 N–H and O–H groups in total. The number of benzene rings is 1. The van der Waals surface area contributed by atoms with Crippen LogP contribution in [0.3, 0.4) is 0 Å². The number of ether oxygens (including phenoxy) is 1. The summed E-state index contributed by atoms with van der Waals surface area (Å²) in [4.78, 5) is 4.40. The van der Waals surface area contributed by atoms with Gasteiger partial charge in [0.1, 0.15) is 5.75 Å². The molecular formula is C14H16ClNOS. The van der Waals surface area contributed by atoms with E-state index in [9.17, 15) is 0 Å². The van der Waals surface area contributed by atoms with Crippen molar-refractivity contribution in [2.45, 2.75) is 25.6 Å². The van der Waals surface area contributed by atoms with Crippen LogP contribution in [0.2, 0.25) is 0 Å². The van der Waals surface area contributed by atoms with Gasteiger partial charge in [0.25, 0.3) is 0 Å². The van der Waals surface area contributed by atoms with Crippen molar-refractivity contribution in [3.8, 4) is 5.75 Å². The van der Waals surface area contributed by atoms with Gasteiger partial charge in [0.15, 0.2) is 0 Å². The maximum absolute atomic E-state index is 5.73. The van der Waals surface area contributed by atoms with Gasteiger partial charge in [-0.25, -0.2) is 4.98 Å². The van der Waals surface area contributed by atoms with E-state index in [1.54, 1.807) is 11.3 Å². The molecule has 0 aliphatic heterocycles. The quantitative estimate of drug-likeness (QED) is 0.745. The summed E-state index contributed by atoms with van der Waals surface area (Å²) in [6.07, 6.45) is 1.86. The number of nitrogens with zero attached hydrogens (tertiary/aromatic N) is 1. The van der Waals surface area contributed by atoms with Crippen LogP contribution in [-0.4, -0.2) is 11.6 Å². The average Bonchev–Trinajstić information content (AvgIpc) is 2.87. The Morgan fingerprint density at radius 1 is 1.39 bits per heavy atom. The van der Waals surface area contributed by atoms with Crippen LogP contribution in [0, 0.1) is 0 Å². The molecule has 96 valence electrons. The molecular weight excluding hydrogens is 266 g/mol. The Balaban J connectivity index is 1.84. The molecule has 0 unspecified atom stereocenters. The van der Waals surface area contributed by atoms with Crippen molar-refractivity contribution in [3.63, 3.8) is 0 Å². The molecule has 0 spiro atoms. The molecule has 18 heavy (non-hydrogen) atoms. The lowest BCUT2D eigenvalue weighted by Gasteiger charge is -2.06. The lowest BCUT2D eigenvalue weighted by Crippen LogP contribution is -2.01. The molecule has 1 aromatic carbocycles. The minimum absolute atomic E-state index is 0.482. The zero-order valence-corrected chi connectivity index (χ0v) is 11.9. The van der Waals surface area contributed by atoms with Gasteiger partial charge in [0, 0.05) is 11.8 Å². The molecule has 2 nitrogen and oxygen atoms in total. The minimum atomic E-state index is 0.482. The Kier molecular flexibility index (Phi) is 5.02. The van der Waals surface area contributed by atoms with Gasteiger partial charge in [-0.15, -0.1) is 22.9 Å². The topological polar surface area (TPSA) is 22.1 Å². The van der Waals surface area contributed by atoms with Crippen LogP contribution >= 0.6 is 22.9 Å². The fourth-order valence-corrected chi connectivity index (χ4v) is 2.64. The highest BCUT2D eigenvalue weighted by Gasteiger charge is 2.02. The highest BCUT2D eigenvalue weighted by molar-refractivity contribution is 7.09. The number of hydrogen-bond acceptors (Lipinski definition) is 3. The van der Waals surface area contributed by atoms with Crippen LogP contribution < -0.4 is 4.74 Å². The molecule has 1 aromatic heterocycles. The smallest absolute Gasteiger partial charge is 0.119 e. The fourth-order valence-electron chi connectivity index (χ4n) is 1.64. The number of rotatable bonds is 6. The number of thiazole rings is 1. The van der Waals surface area contributed by atoms with Crippen molar-refractivity contribution in [2.75, 3.05) is 6.61 Å². The van der Waals surface area contributed by atoms with E-state index in [4.69, 9.17) is 16.3 Å². The van der Waals surface area contributed by atoms with Gasteiger partial charge in [-0.05, 0) is 24.1 Å². The monoisotopic (exact) mass is 281 g/mol. The number of hydrogen-bond donors (Lipinski definition) is 0. The second-order valence-electron chi connectivity index (χ2n) is 3.97. The molecule has 2 rings (SSSR count). The number of aryl methyl sites for hydroxylation is 1.